The number of para-hydroxylation sites is 1. The molecule has 0 bridgehead atoms. The minimum Gasteiger partial charge on any atom is -0.307 e. The van der Waals surface area contributed by atoms with Crippen molar-refractivity contribution < 1.29 is 29.6 Å². The Hall–Kier alpha value is -0.840. The van der Waals surface area contributed by atoms with E-state index < -0.39 is 5.69 Å². The number of hydrogen-bond donors (Lipinski definition) is 2. The second-order valence-corrected chi connectivity index (χ2v) is 2.45. The van der Waals surface area contributed by atoms with Gasteiger partial charge in [0.2, 0.25) is 0 Å². The Morgan fingerprint density at radius 2 is 1.69 bits per heavy atom. The van der Waals surface area contributed by atoms with Crippen LogP contribution in [0, 0.1) is 0 Å². The van der Waals surface area contributed by atoms with Crippen molar-refractivity contribution in [2.24, 2.45) is 0 Å². The van der Waals surface area contributed by atoms with Gasteiger partial charge >= 0.3 is 35.2 Å². The maximum atomic E-state index is 11.1. The van der Waals surface area contributed by atoms with Crippen LogP contribution in [0.25, 0.3) is 10.9 Å². The summed E-state index contributed by atoms with van der Waals surface area (Å²) in [7, 11) is 0. The van der Waals surface area contributed by atoms with Crippen LogP contribution in [0.4, 0.5) is 0 Å². The largest absolute Gasteiger partial charge is 1.00 e. The normalized spacial score (nSPS) is 9.54. The van der Waals surface area contributed by atoms with E-state index >= 15 is 0 Å². The van der Waals surface area contributed by atoms with Gasteiger partial charge in [0.1, 0.15) is 0 Å². The number of hydrogen-bond acceptors (Lipinski definition) is 2. The van der Waals surface area contributed by atoms with Crippen LogP contribution < -0.4 is 40.8 Å². The third-order valence-corrected chi connectivity index (χ3v) is 1.65. The van der Waals surface area contributed by atoms with Crippen LogP contribution in [0.3, 0.4) is 0 Å². The van der Waals surface area contributed by atoms with Crippen molar-refractivity contribution in [2.45, 2.75) is 0 Å². The summed E-state index contributed by atoms with van der Waals surface area (Å²) in [6.07, 6.45) is 0. The van der Waals surface area contributed by atoms with Crippen molar-refractivity contribution in [3.05, 3.63) is 45.1 Å². The number of aromatic nitrogens is 2. The van der Waals surface area contributed by atoms with Crippen molar-refractivity contribution in [1.82, 2.24) is 9.97 Å². The standard InChI is InChI=1S/C8H6N2O2.Na/c11-7-5-3-1-2-4-6(5)9-8(12)10-7;/h1-4H,(H2,9,10,11,12);/q;+1. The Kier molecular flexibility index (Phi) is 3.08. The molecule has 1 heterocycles. The first-order valence-corrected chi connectivity index (χ1v) is 3.49. The molecule has 0 saturated heterocycles. The molecule has 1 aromatic carbocycles. The van der Waals surface area contributed by atoms with Gasteiger partial charge < -0.3 is 4.98 Å². The van der Waals surface area contributed by atoms with Crippen molar-refractivity contribution in [2.75, 3.05) is 0 Å². The van der Waals surface area contributed by atoms with E-state index in [4.69, 9.17) is 0 Å². The first-order valence-electron chi connectivity index (χ1n) is 3.49. The van der Waals surface area contributed by atoms with Gasteiger partial charge in [-0.05, 0) is 12.1 Å². The number of rotatable bonds is 0. The van der Waals surface area contributed by atoms with Crippen LogP contribution in [0.5, 0.6) is 0 Å². The minimum atomic E-state index is -0.473. The molecular formula is C8H6N2NaO2+. The fourth-order valence-corrected chi connectivity index (χ4v) is 1.11. The van der Waals surface area contributed by atoms with Crippen molar-refractivity contribution in [3.63, 3.8) is 0 Å². The third kappa shape index (κ3) is 1.91. The Balaban J connectivity index is 0.000000845. The minimum absolute atomic E-state index is 0. The zero-order valence-electron chi connectivity index (χ0n) is 7.13. The predicted octanol–water partition coefficient (Wildman–Crippen LogP) is -2.78. The molecule has 0 aliphatic rings. The Labute approximate surface area is 95.3 Å². The first kappa shape index (κ1) is 10.2. The summed E-state index contributed by atoms with van der Waals surface area (Å²) in [4.78, 5) is 26.6. The molecule has 0 atom stereocenters. The van der Waals surface area contributed by atoms with Gasteiger partial charge in [0.05, 0.1) is 10.9 Å². The average molecular weight is 185 g/mol. The second-order valence-electron chi connectivity index (χ2n) is 2.45. The topological polar surface area (TPSA) is 65.7 Å². The number of aromatic amines is 2. The molecule has 2 N–H and O–H groups in total. The molecular weight excluding hydrogens is 179 g/mol. The molecule has 0 aliphatic heterocycles. The average Bonchev–Trinajstić information content (AvgIpc) is 2.04. The van der Waals surface area contributed by atoms with E-state index in [9.17, 15) is 9.59 Å². The van der Waals surface area contributed by atoms with Crippen molar-refractivity contribution >= 4 is 10.9 Å². The summed E-state index contributed by atoms with van der Waals surface area (Å²) >= 11 is 0. The molecule has 0 saturated carbocycles. The van der Waals surface area contributed by atoms with Crippen LogP contribution in [0.2, 0.25) is 0 Å². The molecule has 60 valence electrons. The van der Waals surface area contributed by atoms with Gasteiger partial charge in [0.15, 0.2) is 0 Å². The van der Waals surface area contributed by atoms with Crippen LogP contribution in [0.1, 0.15) is 0 Å². The summed E-state index contributed by atoms with van der Waals surface area (Å²) in [6.45, 7) is 0. The zero-order valence-corrected chi connectivity index (χ0v) is 9.13. The molecule has 2 rings (SSSR count). The summed E-state index contributed by atoms with van der Waals surface area (Å²) in [5, 5.41) is 0.497. The summed E-state index contributed by atoms with van der Waals surface area (Å²) in [5.74, 6) is 0. The molecule has 2 aromatic rings. The number of H-pyrrole nitrogens is 2. The molecule has 0 radical (unpaired) electrons. The first-order chi connectivity index (χ1) is 5.77. The Morgan fingerprint density at radius 3 is 2.46 bits per heavy atom. The van der Waals surface area contributed by atoms with E-state index in [0.29, 0.717) is 10.9 Å². The fraction of sp³-hybridized carbons (Fsp3) is 0. The molecule has 0 amide bonds. The van der Waals surface area contributed by atoms with E-state index in [1.807, 2.05) is 0 Å². The molecule has 0 spiro atoms. The smallest absolute Gasteiger partial charge is 0.307 e. The van der Waals surface area contributed by atoms with E-state index in [1.54, 1.807) is 24.3 Å². The van der Waals surface area contributed by atoms with E-state index in [1.165, 1.54) is 0 Å². The predicted molar refractivity (Wildman–Crippen MR) is 45.2 cm³/mol. The summed E-state index contributed by atoms with van der Waals surface area (Å²) in [6, 6.07) is 6.85. The van der Waals surface area contributed by atoms with Crippen LogP contribution >= 0.6 is 0 Å². The van der Waals surface area contributed by atoms with Gasteiger partial charge in [-0.15, -0.1) is 0 Å². The van der Waals surface area contributed by atoms with Crippen molar-refractivity contribution in [1.29, 1.82) is 0 Å². The molecule has 4 nitrogen and oxygen atoms in total. The van der Waals surface area contributed by atoms with Crippen LogP contribution in [-0.4, -0.2) is 9.97 Å². The molecule has 13 heavy (non-hydrogen) atoms. The van der Waals surface area contributed by atoms with Gasteiger partial charge in [-0.2, -0.15) is 0 Å². The molecule has 0 unspecified atom stereocenters. The van der Waals surface area contributed by atoms with Crippen LogP contribution in [0.15, 0.2) is 33.9 Å². The summed E-state index contributed by atoms with van der Waals surface area (Å²) in [5.41, 5.74) is -0.265. The second kappa shape index (κ2) is 3.91. The number of benzene rings is 1. The number of fused-ring (bicyclic) bond motifs is 1. The third-order valence-electron chi connectivity index (χ3n) is 1.65. The quantitative estimate of drug-likeness (QED) is 0.436. The maximum Gasteiger partial charge on any atom is 1.00 e. The van der Waals surface area contributed by atoms with Gasteiger partial charge in [0, 0.05) is 0 Å². The fourth-order valence-electron chi connectivity index (χ4n) is 1.11. The Bertz CT molecular complexity index is 529. The SMILES string of the molecule is O=c1[nH]c(=O)c2ccccc2[nH]1.[Na+]. The van der Waals surface area contributed by atoms with Crippen molar-refractivity contribution in [3.8, 4) is 0 Å². The molecule has 5 heteroatoms. The summed E-state index contributed by atoms with van der Waals surface area (Å²) < 4.78 is 0. The van der Waals surface area contributed by atoms with Gasteiger partial charge in [0.25, 0.3) is 5.56 Å². The maximum absolute atomic E-state index is 11.1. The van der Waals surface area contributed by atoms with E-state index in [-0.39, 0.29) is 35.1 Å². The Morgan fingerprint density at radius 1 is 1.00 bits per heavy atom. The van der Waals surface area contributed by atoms with Gasteiger partial charge in [-0.1, -0.05) is 12.1 Å². The molecule has 0 aliphatic carbocycles. The van der Waals surface area contributed by atoms with Crippen LogP contribution in [-0.2, 0) is 0 Å². The molecule has 0 fully saturated rings. The van der Waals surface area contributed by atoms with Gasteiger partial charge in [-0.25, -0.2) is 4.79 Å². The van der Waals surface area contributed by atoms with E-state index in [2.05, 4.69) is 9.97 Å². The zero-order chi connectivity index (χ0) is 8.55. The van der Waals surface area contributed by atoms with E-state index in [0.717, 1.165) is 0 Å². The van der Waals surface area contributed by atoms with Gasteiger partial charge in [-0.3, -0.25) is 9.78 Å². The monoisotopic (exact) mass is 185 g/mol. The molecule has 1 aromatic heterocycles. The number of nitrogens with one attached hydrogen (secondary N) is 2.